The van der Waals surface area contributed by atoms with E-state index in [1.165, 1.54) is 0 Å². The summed E-state index contributed by atoms with van der Waals surface area (Å²) < 4.78 is 8.88. The predicted molar refractivity (Wildman–Crippen MR) is 35.4 cm³/mol. The van der Waals surface area contributed by atoms with E-state index in [2.05, 4.69) is 0 Å². The third-order valence-electron chi connectivity index (χ3n) is 0.404. The molecule has 0 spiro atoms. The maximum Gasteiger partial charge on any atom is 0.466 e. The van der Waals surface area contributed by atoms with Crippen LogP contribution in [-0.4, -0.2) is 38.7 Å². The minimum Gasteiger partial charge on any atom is -0.389 e. The number of hydrogen-bond donors (Lipinski definition) is 5. The van der Waals surface area contributed by atoms with Crippen LogP contribution in [0.5, 0.6) is 0 Å². The molecule has 0 aliphatic rings. The molecule has 0 heterocycles. The zero-order chi connectivity index (χ0) is 9.49. The second-order valence-corrected chi connectivity index (χ2v) is 2.44. The molecule has 0 fully saturated rings. The maximum atomic E-state index is 9.81. The highest BCUT2D eigenvalue weighted by molar-refractivity contribution is 7.45. The minimum atomic E-state index is -4.64. The number of nitrogens with two attached hydrogens (primary N) is 1. The van der Waals surface area contributed by atoms with Crippen molar-refractivity contribution >= 4 is 13.6 Å². The van der Waals surface area contributed by atoms with Crippen LogP contribution in [0.3, 0.4) is 0 Å². The summed E-state index contributed by atoms with van der Waals surface area (Å²) in [4.78, 5) is 31.4. The zero-order valence-corrected chi connectivity index (χ0v) is 6.44. The van der Waals surface area contributed by atoms with Gasteiger partial charge in [-0.1, -0.05) is 0 Å². The number of aliphatic hydroxyl groups excluding tert-OH is 1. The largest absolute Gasteiger partial charge is 0.466 e. The van der Waals surface area contributed by atoms with Crippen molar-refractivity contribution < 1.29 is 29.1 Å². The average Bonchev–Trinajstić information content (AvgIpc) is 1.83. The fourth-order valence-corrected chi connectivity index (χ4v) is 0.0645. The molecule has 7 nitrogen and oxygen atoms in total. The molecule has 0 unspecified atom stereocenters. The minimum absolute atomic E-state index is 0.0590. The number of carbonyl (C=O) groups excluding carboxylic acids is 1. The topological polar surface area (TPSA) is 141 Å². The summed E-state index contributed by atoms with van der Waals surface area (Å²) in [5.74, 6) is -0.324. The van der Waals surface area contributed by atoms with E-state index < -0.39 is 14.4 Å². The molecule has 0 aromatic heterocycles. The number of phosphoric acid groups is 1. The summed E-state index contributed by atoms with van der Waals surface area (Å²) in [6.07, 6.45) is 0. The first-order valence-corrected chi connectivity index (χ1v) is 3.98. The van der Waals surface area contributed by atoms with Crippen LogP contribution in [-0.2, 0) is 9.36 Å². The third-order valence-corrected chi connectivity index (χ3v) is 0.404. The van der Waals surface area contributed by atoms with Gasteiger partial charge in [-0.2, -0.15) is 0 Å². The van der Waals surface area contributed by atoms with Crippen molar-refractivity contribution in [3.8, 4) is 0 Å². The van der Waals surface area contributed by atoms with Crippen LogP contribution in [0.4, 0.5) is 0 Å². The Kier molecular flexibility index (Phi) is 7.75. The Hall–Kier alpha value is -0.300. The number of ketones is 1. The molecule has 0 aliphatic carbocycles. The molecule has 0 bridgehead atoms. The van der Waals surface area contributed by atoms with Crippen LogP contribution < -0.4 is 5.73 Å². The molecular formula is C3H10NO6P. The van der Waals surface area contributed by atoms with Gasteiger partial charge in [0.25, 0.3) is 0 Å². The van der Waals surface area contributed by atoms with Crippen molar-refractivity contribution in [2.45, 2.75) is 0 Å². The molecule has 11 heavy (non-hydrogen) atoms. The molecule has 0 aliphatic heterocycles. The second kappa shape index (κ2) is 6.41. The Labute approximate surface area is 62.7 Å². The van der Waals surface area contributed by atoms with Crippen molar-refractivity contribution in [2.75, 3.05) is 13.2 Å². The molecule has 0 saturated carbocycles. The highest BCUT2D eigenvalue weighted by Crippen LogP contribution is 2.25. The van der Waals surface area contributed by atoms with E-state index in [0.29, 0.717) is 0 Å². The van der Waals surface area contributed by atoms with Gasteiger partial charge in [-0.05, 0) is 0 Å². The summed E-state index contributed by atoms with van der Waals surface area (Å²) in [5.41, 5.74) is 4.77. The molecule has 6 N–H and O–H groups in total. The van der Waals surface area contributed by atoms with E-state index in [9.17, 15) is 4.79 Å². The van der Waals surface area contributed by atoms with E-state index in [4.69, 9.17) is 30.1 Å². The molecule has 0 amide bonds. The highest BCUT2D eigenvalue weighted by Gasteiger charge is 2.00. The summed E-state index contributed by atoms with van der Waals surface area (Å²) in [7, 11) is -4.64. The lowest BCUT2D eigenvalue weighted by Crippen LogP contribution is -2.16. The maximum absolute atomic E-state index is 9.81. The fourth-order valence-electron chi connectivity index (χ4n) is 0.0645. The van der Waals surface area contributed by atoms with Gasteiger partial charge in [0, 0.05) is 0 Å². The van der Waals surface area contributed by atoms with E-state index in [1.54, 1.807) is 0 Å². The predicted octanol–water partition coefficient (Wildman–Crippen LogP) is -2.42. The molecular weight excluding hydrogens is 177 g/mol. The van der Waals surface area contributed by atoms with Crippen LogP contribution in [0.2, 0.25) is 0 Å². The van der Waals surface area contributed by atoms with E-state index in [0.717, 1.165) is 0 Å². The lowest BCUT2D eigenvalue weighted by molar-refractivity contribution is -0.120. The normalized spacial score (nSPS) is 9.91. The highest BCUT2D eigenvalue weighted by atomic mass is 31.2. The Morgan fingerprint density at radius 2 is 1.64 bits per heavy atom. The molecule has 68 valence electrons. The summed E-state index contributed by atoms with van der Waals surface area (Å²) in [6, 6.07) is 0. The first-order chi connectivity index (χ1) is 4.81. The van der Waals surface area contributed by atoms with Gasteiger partial charge in [0.1, 0.15) is 6.61 Å². The summed E-state index contributed by atoms with van der Waals surface area (Å²) in [5, 5.41) is 7.91. The lowest BCUT2D eigenvalue weighted by atomic mass is 10.4. The van der Waals surface area contributed by atoms with Gasteiger partial charge in [0.05, 0.1) is 6.54 Å². The number of aliphatic hydroxyl groups is 1. The molecule has 8 heteroatoms. The van der Waals surface area contributed by atoms with Crippen LogP contribution in [0.25, 0.3) is 0 Å². The SMILES string of the molecule is NCC(=O)CO.O=P(O)(O)O. The Balaban J connectivity index is 0. The van der Waals surface area contributed by atoms with E-state index in [1.807, 2.05) is 0 Å². The van der Waals surface area contributed by atoms with Gasteiger partial charge >= 0.3 is 7.82 Å². The standard InChI is InChI=1S/C3H7NO2.H3O4P/c4-1-3(6)2-5;1-5(2,3)4/h5H,1-2,4H2;(H3,1,2,3,4). The van der Waals surface area contributed by atoms with Gasteiger partial charge in [-0.15, -0.1) is 0 Å². The van der Waals surface area contributed by atoms with Crippen molar-refractivity contribution in [2.24, 2.45) is 5.73 Å². The van der Waals surface area contributed by atoms with Gasteiger partial charge < -0.3 is 25.5 Å². The van der Waals surface area contributed by atoms with Crippen molar-refractivity contribution in [3.05, 3.63) is 0 Å². The number of rotatable bonds is 2. The van der Waals surface area contributed by atoms with Gasteiger partial charge in [-0.3, -0.25) is 4.79 Å². The lowest BCUT2D eigenvalue weighted by Gasteiger charge is -1.82. The van der Waals surface area contributed by atoms with Crippen LogP contribution in [0, 0.1) is 0 Å². The van der Waals surface area contributed by atoms with Crippen LogP contribution in [0.1, 0.15) is 0 Å². The third kappa shape index (κ3) is 42.0. The van der Waals surface area contributed by atoms with E-state index in [-0.39, 0.29) is 12.3 Å². The first-order valence-electron chi connectivity index (χ1n) is 2.42. The monoisotopic (exact) mass is 187 g/mol. The smallest absolute Gasteiger partial charge is 0.389 e. The number of Topliss-reactive ketones (excluding diaryl/α,β-unsaturated/α-hetero) is 1. The summed E-state index contributed by atoms with van der Waals surface area (Å²) in [6.45, 7) is -0.493. The van der Waals surface area contributed by atoms with Gasteiger partial charge in [0.2, 0.25) is 0 Å². The van der Waals surface area contributed by atoms with Gasteiger partial charge in [0.15, 0.2) is 5.78 Å². The Morgan fingerprint density at radius 3 is 1.64 bits per heavy atom. The second-order valence-electron chi connectivity index (χ2n) is 1.41. The average molecular weight is 187 g/mol. The van der Waals surface area contributed by atoms with Crippen molar-refractivity contribution in [3.63, 3.8) is 0 Å². The molecule has 0 radical (unpaired) electrons. The van der Waals surface area contributed by atoms with Gasteiger partial charge in [-0.25, -0.2) is 4.57 Å². The molecule has 0 saturated heterocycles. The number of carbonyl (C=O) groups is 1. The van der Waals surface area contributed by atoms with Crippen LogP contribution >= 0.6 is 7.82 Å². The Morgan fingerprint density at radius 1 is 1.36 bits per heavy atom. The molecule has 0 aromatic carbocycles. The molecule has 0 aromatic rings. The number of hydrogen-bond acceptors (Lipinski definition) is 4. The van der Waals surface area contributed by atoms with Crippen LogP contribution in [0.15, 0.2) is 0 Å². The molecule has 0 rings (SSSR count). The summed E-state index contributed by atoms with van der Waals surface area (Å²) >= 11 is 0. The fraction of sp³-hybridized carbons (Fsp3) is 0.667. The first kappa shape index (κ1) is 13.3. The van der Waals surface area contributed by atoms with E-state index >= 15 is 0 Å². The Bertz CT molecular complexity index is 138. The quantitative estimate of drug-likeness (QED) is 0.303. The van der Waals surface area contributed by atoms with Crippen molar-refractivity contribution in [1.29, 1.82) is 0 Å². The zero-order valence-electron chi connectivity index (χ0n) is 5.54. The molecule has 0 atom stereocenters. The van der Waals surface area contributed by atoms with Crippen molar-refractivity contribution in [1.82, 2.24) is 0 Å².